The van der Waals surface area contributed by atoms with Crippen LogP contribution in [0.25, 0.3) is 0 Å². The Labute approximate surface area is 170 Å². The average molecular weight is 389 g/mol. The van der Waals surface area contributed by atoms with Crippen molar-refractivity contribution in [2.75, 3.05) is 5.32 Å². The van der Waals surface area contributed by atoms with Gasteiger partial charge in [-0.1, -0.05) is 60.2 Å². The van der Waals surface area contributed by atoms with Crippen molar-refractivity contribution in [2.24, 2.45) is 0 Å². The van der Waals surface area contributed by atoms with Crippen LogP contribution in [0.3, 0.4) is 0 Å². The molecule has 0 aromatic heterocycles. The summed E-state index contributed by atoms with van der Waals surface area (Å²) >= 11 is 0. The molecule has 0 heterocycles. The lowest BCUT2D eigenvalue weighted by molar-refractivity contribution is -0.123. The highest BCUT2D eigenvalue weighted by atomic mass is 16.5. The number of rotatable bonds is 7. The second-order valence-electron chi connectivity index (χ2n) is 6.67. The maximum Gasteiger partial charge on any atom is 0.342 e. The molecule has 0 saturated carbocycles. The molecule has 0 unspecified atom stereocenters. The first kappa shape index (κ1) is 20.1. The smallest absolute Gasteiger partial charge is 0.342 e. The molecule has 3 aromatic carbocycles. The van der Waals surface area contributed by atoms with E-state index in [-0.39, 0.29) is 5.56 Å². The van der Waals surface area contributed by atoms with E-state index >= 15 is 0 Å². The van der Waals surface area contributed by atoms with E-state index in [2.05, 4.69) is 5.32 Å². The van der Waals surface area contributed by atoms with Crippen LogP contribution < -0.4 is 10.1 Å². The molecule has 0 aliphatic rings. The van der Waals surface area contributed by atoms with Gasteiger partial charge in [0, 0.05) is 5.69 Å². The van der Waals surface area contributed by atoms with E-state index in [9.17, 15) is 9.59 Å². The number of carbonyl (C=O) groups is 2. The molecule has 0 fully saturated rings. The highest BCUT2D eigenvalue weighted by molar-refractivity contribution is 5.98. The molecule has 0 aliphatic heterocycles. The fourth-order valence-corrected chi connectivity index (χ4v) is 2.65. The van der Waals surface area contributed by atoms with E-state index in [0.717, 1.165) is 11.1 Å². The van der Waals surface area contributed by atoms with E-state index in [4.69, 9.17) is 9.47 Å². The lowest BCUT2D eigenvalue weighted by Gasteiger charge is -2.15. The minimum atomic E-state index is -0.953. The number of hydrogen-bond acceptors (Lipinski definition) is 4. The zero-order chi connectivity index (χ0) is 20.6. The molecule has 0 bridgehead atoms. The van der Waals surface area contributed by atoms with E-state index < -0.39 is 18.0 Å². The van der Waals surface area contributed by atoms with Crippen LogP contribution in [0.5, 0.6) is 5.75 Å². The summed E-state index contributed by atoms with van der Waals surface area (Å²) in [6, 6.07) is 23.9. The first-order chi connectivity index (χ1) is 14.0. The van der Waals surface area contributed by atoms with E-state index in [1.54, 1.807) is 36.4 Å². The van der Waals surface area contributed by atoms with Crippen LogP contribution >= 0.6 is 0 Å². The number of amides is 1. The molecular formula is C24H23NO4. The molecule has 5 nitrogen and oxygen atoms in total. The number of carbonyl (C=O) groups excluding carboxylic acids is 2. The number of benzene rings is 3. The molecule has 3 aromatic rings. The van der Waals surface area contributed by atoms with Crippen molar-refractivity contribution in [3.05, 3.63) is 95.6 Å². The number of hydrogen-bond donors (Lipinski definition) is 1. The molecule has 0 radical (unpaired) electrons. The molecule has 0 saturated heterocycles. The van der Waals surface area contributed by atoms with Gasteiger partial charge in [0.25, 0.3) is 5.91 Å². The van der Waals surface area contributed by atoms with Crippen molar-refractivity contribution >= 4 is 17.6 Å². The van der Waals surface area contributed by atoms with Crippen LogP contribution in [0.15, 0.2) is 78.9 Å². The summed E-state index contributed by atoms with van der Waals surface area (Å²) in [6.45, 7) is 3.83. The molecule has 1 amide bonds. The third kappa shape index (κ3) is 5.69. The molecule has 1 atom stereocenters. The lowest BCUT2D eigenvalue weighted by Crippen LogP contribution is -2.30. The monoisotopic (exact) mass is 389 g/mol. The molecular weight excluding hydrogens is 366 g/mol. The predicted molar refractivity (Wildman–Crippen MR) is 112 cm³/mol. The Morgan fingerprint density at radius 1 is 0.897 bits per heavy atom. The van der Waals surface area contributed by atoms with Gasteiger partial charge in [-0.05, 0) is 43.7 Å². The molecule has 3 rings (SSSR count). The number of para-hydroxylation sites is 1. The SMILES string of the molecule is Cc1ccc(NC(=O)[C@H](C)OC(=O)c2ccccc2OCc2ccccc2)cc1. The van der Waals surface area contributed by atoms with Crippen LogP contribution in [0, 0.1) is 6.92 Å². The van der Waals surface area contributed by atoms with Gasteiger partial charge in [-0.25, -0.2) is 4.79 Å². The van der Waals surface area contributed by atoms with Crippen LogP contribution in [-0.2, 0) is 16.1 Å². The maximum atomic E-state index is 12.6. The van der Waals surface area contributed by atoms with E-state index in [0.29, 0.717) is 18.0 Å². The number of nitrogens with one attached hydrogen (secondary N) is 1. The lowest BCUT2D eigenvalue weighted by atomic mass is 10.2. The van der Waals surface area contributed by atoms with Crippen molar-refractivity contribution < 1.29 is 19.1 Å². The Bertz CT molecular complexity index is 968. The summed E-state index contributed by atoms with van der Waals surface area (Å²) in [6.07, 6.45) is -0.953. The van der Waals surface area contributed by atoms with Gasteiger partial charge >= 0.3 is 5.97 Å². The first-order valence-electron chi connectivity index (χ1n) is 9.37. The molecule has 5 heteroatoms. The summed E-state index contributed by atoms with van der Waals surface area (Å²) in [7, 11) is 0. The minimum Gasteiger partial charge on any atom is -0.488 e. The zero-order valence-electron chi connectivity index (χ0n) is 16.4. The highest BCUT2D eigenvalue weighted by Crippen LogP contribution is 2.21. The normalized spacial score (nSPS) is 11.4. The first-order valence-corrected chi connectivity index (χ1v) is 9.37. The Kier molecular flexibility index (Phi) is 6.63. The van der Waals surface area contributed by atoms with Gasteiger partial charge in [-0.3, -0.25) is 4.79 Å². The van der Waals surface area contributed by atoms with Crippen molar-refractivity contribution in [2.45, 2.75) is 26.6 Å². The zero-order valence-corrected chi connectivity index (χ0v) is 16.4. The summed E-state index contributed by atoms with van der Waals surface area (Å²) in [5.74, 6) is -0.599. The summed E-state index contributed by atoms with van der Waals surface area (Å²) < 4.78 is 11.1. The van der Waals surface area contributed by atoms with Gasteiger partial charge in [0.05, 0.1) is 0 Å². The number of anilines is 1. The Balaban J connectivity index is 1.62. The van der Waals surface area contributed by atoms with Gasteiger partial charge in [0.2, 0.25) is 0 Å². The van der Waals surface area contributed by atoms with Crippen molar-refractivity contribution in [1.29, 1.82) is 0 Å². The summed E-state index contributed by atoms with van der Waals surface area (Å²) in [5.41, 5.74) is 3.00. The van der Waals surface area contributed by atoms with Crippen molar-refractivity contribution in [3.8, 4) is 5.75 Å². The molecule has 1 N–H and O–H groups in total. The fraction of sp³-hybridized carbons (Fsp3) is 0.167. The van der Waals surface area contributed by atoms with Gasteiger partial charge in [0.15, 0.2) is 6.10 Å². The quantitative estimate of drug-likeness (QED) is 0.592. The number of ether oxygens (including phenoxy) is 2. The molecule has 0 aliphatic carbocycles. The fourth-order valence-electron chi connectivity index (χ4n) is 2.65. The summed E-state index contributed by atoms with van der Waals surface area (Å²) in [4.78, 5) is 24.9. The highest BCUT2D eigenvalue weighted by Gasteiger charge is 2.21. The third-order valence-corrected chi connectivity index (χ3v) is 4.32. The predicted octanol–water partition coefficient (Wildman–Crippen LogP) is 4.76. The Morgan fingerprint density at radius 3 is 2.28 bits per heavy atom. The van der Waals surface area contributed by atoms with Gasteiger partial charge in [-0.15, -0.1) is 0 Å². The van der Waals surface area contributed by atoms with Gasteiger partial charge in [-0.2, -0.15) is 0 Å². The average Bonchev–Trinajstić information content (AvgIpc) is 2.74. The van der Waals surface area contributed by atoms with E-state index in [1.807, 2.05) is 49.4 Å². The van der Waals surface area contributed by atoms with Crippen molar-refractivity contribution in [3.63, 3.8) is 0 Å². The van der Waals surface area contributed by atoms with Crippen molar-refractivity contribution in [1.82, 2.24) is 0 Å². The second-order valence-corrected chi connectivity index (χ2v) is 6.67. The van der Waals surface area contributed by atoms with E-state index in [1.165, 1.54) is 6.92 Å². The van der Waals surface area contributed by atoms with Gasteiger partial charge < -0.3 is 14.8 Å². The second kappa shape index (κ2) is 9.55. The third-order valence-electron chi connectivity index (χ3n) is 4.32. The minimum absolute atomic E-state index is 0.276. The summed E-state index contributed by atoms with van der Waals surface area (Å²) in [5, 5.41) is 2.74. The topological polar surface area (TPSA) is 64.6 Å². The van der Waals surface area contributed by atoms with Crippen LogP contribution in [0.2, 0.25) is 0 Å². The standard InChI is InChI=1S/C24H23NO4/c1-17-12-14-20(15-13-17)25-23(26)18(2)29-24(27)21-10-6-7-11-22(21)28-16-19-8-4-3-5-9-19/h3-15,18H,16H2,1-2H3,(H,25,26)/t18-/m0/s1. The largest absolute Gasteiger partial charge is 0.488 e. The maximum absolute atomic E-state index is 12.6. The van der Waals surface area contributed by atoms with Gasteiger partial charge in [0.1, 0.15) is 17.9 Å². The number of aryl methyl sites for hydroxylation is 1. The Hall–Kier alpha value is -3.60. The van der Waals surface area contributed by atoms with Crippen LogP contribution in [0.1, 0.15) is 28.4 Å². The Morgan fingerprint density at radius 2 is 1.55 bits per heavy atom. The molecule has 29 heavy (non-hydrogen) atoms. The van der Waals surface area contributed by atoms with Crippen LogP contribution in [-0.4, -0.2) is 18.0 Å². The number of esters is 1. The molecule has 0 spiro atoms. The van der Waals surface area contributed by atoms with Crippen LogP contribution in [0.4, 0.5) is 5.69 Å². The molecule has 148 valence electrons.